The SMILES string of the molecule is Clc1cncc(OC2CCC2)n1. The van der Waals surface area contributed by atoms with E-state index < -0.39 is 0 Å². The van der Waals surface area contributed by atoms with Crippen molar-refractivity contribution in [2.75, 3.05) is 0 Å². The summed E-state index contributed by atoms with van der Waals surface area (Å²) in [6.45, 7) is 0. The zero-order valence-corrected chi connectivity index (χ0v) is 7.29. The topological polar surface area (TPSA) is 35.0 Å². The summed E-state index contributed by atoms with van der Waals surface area (Å²) in [5.74, 6) is 0.534. The van der Waals surface area contributed by atoms with Gasteiger partial charge in [0, 0.05) is 0 Å². The summed E-state index contributed by atoms with van der Waals surface area (Å²) in [4.78, 5) is 7.85. The third-order valence-electron chi connectivity index (χ3n) is 1.92. The Hall–Kier alpha value is -0.830. The lowest BCUT2D eigenvalue weighted by atomic mass is 9.96. The molecule has 0 radical (unpaired) electrons. The zero-order chi connectivity index (χ0) is 8.39. The molecule has 0 N–H and O–H groups in total. The molecular formula is C8H9ClN2O. The van der Waals surface area contributed by atoms with Gasteiger partial charge < -0.3 is 4.74 Å². The Kier molecular flexibility index (Phi) is 2.13. The predicted molar refractivity (Wildman–Crippen MR) is 45.3 cm³/mol. The van der Waals surface area contributed by atoms with Crippen LogP contribution in [-0.4, -0.2) is 16.1 Å². The highest BCUT2D eigenvalue weighted by atomic mass is 35.5. The molecule has 12 heavy (non-hydrogen) atoms. The minimum atomic E-state index is 0.331. The van der Waals surface area contributed by atoms with Crippen LogP contribution in [0.3, 0.4) is 0 Å². The molecule has 1 saturated carbocycles. The molecule has 0 saturated heterocycles. The van der Waals surface area contributed by atoms with Gasteiger partial charge in [0.05, 0.1) is 12.4 Å². The average molecular weight is 185 g/mol. The van der Waals surface area contributed by atoms with Crippen LogP contribution in [0.4, 0.5) is 0 Å². The van der Waals surface area contributed by atoms with E-state index >= 15 is 0 Å². The van der Waals surface area contributed by atoms with Crippen molar-refractivity contribution in [2.24, 2.45) is 0 Å². The zero-order valence-electron chi connectivity index (χ0n) is 6.53. The number of hydrogen-bond donors (Lipinski definition) is 0. The van der Waals surface area contributed by atoms with Crippen LogP contribution in [0.2, 0.25) is 5.15 Å². The van der Waals surface area contributed by atoms with E-state index in [0.717, 1.165) is 12.8 Å². The Morgan fingerprint density at radius 2 is 2.25 bits per heavy atom. The normalized spacial score (nSPS) is 17.1. The van der Waals surface area contributed by atoms with Crippen molar-refractivity contribution < 1.29 is 4.74 Å². The van der Waals surface area contributed by atoms with Gasteiger partial charge in [-0.15, -0.1) is 0 Å². The van der Waals surface area contributed by atoms with Crippen LogP contribution < -0.4 is 4.74 Å². The minimum absolute atomic E-state index is 0.331. The molecular weight excluding hydrogens is 176 g/mol. The first kappa shape index (κ1) is 7.80. The second-order valence-electron chi connectivity index (χ2n) is 2.85. The lowest BCUT2D eigenvalue weighted by molar-refractivity contribution is 0.114. The highest BCUT2D eigenvalue weighted by Gasteiger charge is 2.19. The fourth-order valence-corrected chi connectivity index (χ4v) is 1.18. The molecule has 64 valence electrons. The largest absolute Gasteiger partial charge is 0.473 e. The summed E-state index contributed by atoms with van der Waals surface area (Å²) >= 11 is 5.64. The van der Waals surface area contributed by atoms with Crippen LogP contribution in [0.5, 0.6) is 5.88 Å². The van der Waals surface area contributed by atoms with Gasteiger partial charge in [0.2, 0.25) is 5.88 Å². The second-order valence-corrected chi connectivity index (χ2v) is 3.24. The minimum Gasteiger partial charge on any atom is -0.473 e. The Balaban J connectivity index is 2.02. The van der Waals surface area contributed by atoms with Crippen LogP contribution in [0.25, 0.3) is 0 Å². The molecule has 0 spiro atoms. The van der Waals surface area contributed by atoms with Crippen molar-refractivity contribution >= 4 is 11.6 Å². The van der Waals surface area contributed by atoms with E-state index in [2.05, 4.69) is 9.97 Å². The van der Waals surface area contributed by atoms with Gasteiger partial charge in [0.25, 0.3) is 0 Å². The quantitative estimate of drug-likeness (QED) is 0.706. The number of nitrogens with zero attached hydrogens (tertiary/aromatic N) is 2. The lowest BCUT2D eigenvalue weighted by Gasteiger charge is -2.25. The van der Waals surface area contributed by atoms with Gasteiger partial charge in [0.15, 0.2) is 5.15 Å². The molecule has 0 aromatic carbocycles. The Morgan fingerprint density at radius 3 is 2.83 bits per heavy atom. The van der Waals surface area contributed by atoms with E-state index in [-0.39, 0.29) is 0 Å². The number of halogens is 1. The number of rotatable bonds is 2. The molecule has 4 heteroatoms. The third kappa shape index (κ3) is 1.67. The first-order valence-corrected chi connectivity index (χ1v) is 4.36. The summed E-state index contributed by atoms with van der Waals surface area (Å²) in [7, 11) is 0. The summed E-state index contributed by atoms with van der Waals surface area (Å²) in [5.41, 5.74) is 0. The highest BCUT2D eigenvalue weighted by molar-refractivity contribution is 6.29. The molecule has 0 bridgehead atoms. The van der Waals surface area contributed by atoms with Gasteiger partial charge in [-0.1, -0.05) is 11.6 Å². The molecule has 0 aliphatic heterocycles. The van der Waals surface area contributed by atoms with E-state index in [1.165, 1.54) is 12.6 Å². The summed E-state index contributed by atoms with van der Waals surface area (Å²) in [6, 6.07) is 0. The fraction of sp³-hybridized carbons (Fsp3) is 0.500. The maximum absolute atomic E-state index is 5.64. The van der Waals surface area contributed by atoms with E-state index in [4.69, 9.17) is 16.3 Å². The van der Waals surface area contributed by atoms with Gasteiger partial charge in [0.1, 0.15) is 6.10 Å². The first-order chi connectivity index (χ1) is 5.84. The van der Waals surface area contributed by atoms with Crippen molar-refractivity contribution in [1.29, 1.82) is 0 Å². The van der Waals surface area contributed by atoms with Gasteiger partial charge >= 0.3 is 0 Å². The Morgan fingerprint density at radius 1 is 1.42 bits per heavy atom. The van der Waals surface area contributed by atoms with E-state index in [1.807, 2.05) is 0 Å². The standard InChI is InChI=1S/C8H9ClN2O/c9-7-4-10-5-8(11-7)12-6-2-1-3-6/h4-6H,1-3H2. The van der Waals surface area contributed by atoms with E-state index in [0.29, 0.717) is 17.1 Å². The summed E-state index contributed by atoms with van der Waals surface area (Å²) in [5, 5.41) is 0.381. The van der Waals surface area contributed by atoms with Crippen molar-refractivity contribution in [2.45, 2.75) is 25.4 Å². The highest BCUT2D eigenvalue weighted by Crippen LogP contribution is 2.23. The van der Waals surface area contributed by atoms with Crippen LogP contribution in [0.15, 0.2) is 12.4 Å². The smallest absolute Gasteiger partial charge is 0.234 e. The molecule has 0 amide bonds. The van der Waals surface area contributed by atoms with E-state index in [9.17, 15) is 0 Å². The van der Waals surface area contributed by atoms with Gasteiger partial charge in [-0.2, -0.15) is 4.98 Å². The summed E-state index contributed by atoms with van der Waals surface area (Å²) < 4.78 is 5.47. The second kappa shape index (κ2) is 3.27. The van der Waals surface area contributed by atoms with Crippen molar-refractivity contribution in [1.82, 2.24) is 9.97 Å². The molecule has 1 fully saturated rings. The van der Waals surface area contributed by atoms with Crippen LogP contribution in [0, 0.1) is 0 Å². The molecule has 0 unspecified atom stereocenters. The Bertz CT molecular complexity index is 276. The molecule has 1 aliphatic carbocycles. The maximum atomic E-state index is 5.64. The van der Waals surface area contributed by atoms with E-state index in [1.54, 1.807) is 6.20 Å². The van der Waals surface area contributed by atoms with Crippen LogP contribution in [0.1, 0.15) is 19.3 Å². The number of ether oxygens (including phenoxy) is 1. The van der Waals surface area contributed by atoms with Crippen molar-refractivity contribution in [3.8, 4) is 5.88 Å². The van der Waals surface area contributed by atoms with Crippen molar-refractivity contribution in [3.63, 3.8) is 0 Å². The predicted octanol–water partition coefficient (Wildman–Crippen LogP) is 2.06. The number of hydrogen-bond acceptors (Lipinski definition) is 3. The van der Waals surface area contributed by atoms with Gasteiger partial charge in [-0.25, -0.2) is 0 Å². The summed E-state index contributed by atoms with van der Waals surface area (Å²) in [6.07, 6.45) is 6.90. The maximum Gasteiger partial charge on any atom is 0.234 e. The van der Waals surface area contributed by atoms with Crippen molar-refractivity contribution in [3.05, 3.63) is 17.5 Å². The lowest BCUT2D eigenvalue weighted by Crippen LogP contribution is -2.24. The van der Waals surface area contributed by atoms with Crippen LogP contribution >= 0.6 is 11.6 Å². The third-order valence-corrected chi connectivity index (χ3v) is 2.10. The molecule has 1 aromatic heterocycles. The molecule has 0 atom stereocenters. The monoisotopic (exact) mass is 184 g/mol. The van der Waals surface area contributed by atoms with Gasteiger partial charge in [-0.05, 0) is 19.3 Å². The fourth-order valence-electron chi connectivity index (χ4n) is 1.04. The molecule has 3 nitrogen and oxygen atoms in total. The average Bonchev–Trinajstić information content (AvgIpc) is 1.97. The first-order valence-electron chi connectivity index (χ1n) is 3.99. The van der Waals surface area contributed by atoms with Gasteiger partial charge in [-0.3, -0.25) is 4.98 Å². The molecule has 1 aromatic rings. The van der Waals surface area contributed by atoms with Crippen LogP contribution in [-0.2, 0) is 0 Å². The molecule has 1 heterocycles. The molecule has 2 rings (SSSR count). The number of aromatic nitrogens is 2. The Labute approximate surface area is 75.7 Å². The molecule has 1 aliphatic rings.